The van der Waals surface area contributed by atoms with Crippen LogP contribution in [0.15, 0.2) is 0 Å². The van der Waals surface area contributed by atoms with Crippen LogP contribution in [0.1, 0.15) is 39.5 Å². The molecule has 0 unspecified atom stereocenters. The Morgan fingerprint density at radius 3 is 2.36 bits per heavy atom. The lowest BCUT2D eigenvalue weighted by atomic mass is 10.0. The van der Waals surface area contributed by atoms with E-state index in [9.17, 15) is 0 Å². The van der Waals surface area contributed by atoms with Crippen molar-refractivity contribution in [3.8, 4) is 0 Å². The molecule has 0 aromatic carbocycles. The van der Waals surface area contributed by atoms with Crippen LogP contribution in [0, 0.1) is 0 Å². The summed E-state index contributed by atoms with van der Waals surface area (Å²) in [4.78, 5) is 4.76. The lowest BCUT2D eigenvalue weighted by Gasteiger charge is -2.21. The van der Waals surface area contributed by atoms with E-state index in [0.717, 1.165) is 25.7 Å². The highest BCUT2D eigenvalue weighted by Gasteiger charge is 2.15. The Labute approximate surface area is 68.5 Å². The quantitative estimate of drug-likeness (QED) is 0.454. The van der Waals surface area contributed by atoms with E-state index in [-0.39, 0.29) is 12.2 Å². The first-order chi connectivity index (χ1) is 5.12. The van der Waals surface area contributed by atoms with Crippen LogP contribution in [0.4, 0.5) is 0 Å². The fraction of sp³-hybridized carbons (Fsp3) is 1.00. The van der Waals surface area contributed by atoms with Gasteiger partial charge in [0, 0.05) is 6.61 Å². The van der Waals surface area contributed by atoms with Crippen LogP contribution in [0.5, 0.6) is 0 Å². The van der Waals surface area contributed by atoms with E-state index in [4.69, 9.17) is 15.8 Å². The van der Waals surface area contributed by atoms with Crippen molar-refractivity contribution in [1.29, 1.82) is 0 Å². The molecule has 3 heteroatoms. The van der Waals surface area contributed by atoms with E-state index >= 15 is 0 Å². The fourth-order valence-corrected chi connectivity index (χ4v) is 0.898. The molecule has 0 saturated carbocycles. The van der Waals surface area contributed by atoms with Gasteiger partial charge in [0.25, 0.3) is 0 Å². The lowest BCUT2D eigenvalue weighted by Crippen LogP contribution is -2.27. The Morgan fingerprint density at radius 1 is 1.27 bits per heavy atom. The monoisotopic (exact) mass is 161 g/mol. The van der Waals surface area contributed by atoms with Crippen molar-refractivity contribution in [2.75, 3.05) is 6.61 Å². The Hall–Kier alpha value is -0.120. The number of unbranched alkanes of at least 4 members (excludes halogenated alkanes) is 2. The summed E-state index contributed by atoms with van der Waals surface area (Å²) in [7, 11) is 0. The number of nitrogens with two attached hydrogens (primary N) is 1. The summed E-state index contributed by atoms with van der Waals surface area (Å²) >= 11 is 0. The maximum atomic E-state index is 8.50. The van der Waals surface area contributed by atoms with Crippen LogP contribution >= 0.6 is 0 Å². The molecule has 0 saturated heterocycles. The summed E-state index contributed by atoms with van der Waals surface area (Å²) in [6, 6.07) is 0. The summed E-state index contributed by atoms with van der Waals surface area (Å²) in [5.41, 5.74) is -0.213. The highest BCUT2D eigenvalue weighted by molar-refractivity contribution is 4.66. The average molecular weight is 161 g/mol. The number of hydrogen-bond donors (Lipinski definition) is 2. The molecule has 0 fully saturated rings. The second-order valence-electron chi connectivity index (χ2n) is 3.41. The van der Waals surface area contributed by atoms with Gasteiger partial charge in [-0.15, -0.1) is 0 Å². The van der Waals surface area contributed by atoms with E-state index < -0.39 is 0 Å². The first-order valence-electron chi connectivity index (χ1n) is 4.11. The van der Waals surface area contributed by atoms with Crippen molar-refractivity contribution in [2.24, 2.45) is 5.90 Å². The average Bonchev–Trinajstić information content (AvgIpc) is 1.99. The molecule has 0 bridgehead atoms. The van der Waals surface area contributed by atoms with Gasteiger partial charge in [-0.3, -0.25) is 4.84 Å². The summed E-state index contributed by atoms with van der Waals surface area (Å²) < 4.78 is 0. The van der Waals surface area contributed by atoms with E-state index in [1.54, 1.807) is 0 Å². The van der Waals surface area contributed by atoms with Crippen LogP contribution in [0.25, 0.3) is 0 Å². The smallest absolute Gasteiger partial charge is 0.0838 e. The number of rotatable bonds is 6. The van der Waals surface area contributed by atoms with Crippen molar-refractivity contribution in [3.63, 3.8) is 0 Å². The van der Waals surface area contributed by atoms with Gasteiger partial charge >= 0.3 is 0 Å². The third kappa shape index (κ3) is 6.28. The number of hydrogen-bond acceptors (Lipinski definition) is 3. The summed E-state index contributed by atoms with van der Waals surface area (Å²) in [5, 5.41) is 8.50. The van der Waals surface area contributed by atoms with Crippen molar-refractivity contribution in [2.45, 2.75) is 45.1 Å². The standard InChI is InChI=1S/C8H19NO2/c1-8(2,11-9)6-4-3-5-7-10/h10H,3-7,9H2,1-2H3. The second-order valence-corrected chi connectivity index (χ2v) is 3.41. The fourth-order valence-electron chi connectivity index (χ4n) is 0.898. The normalized spacial score (nSPS) is 12.0. The van der Waals surface area contributed by atoms with Gasteiger partial charge in [-0.1, -0.05) is 12.8 Å². The molecule has 0 atom stereocenters. The van der Waals surface area contributed by atoms with Crippen LogP contribution < -0.4 is 5.90 Å². The maximum absolute atomic E-state index is 8.50. The van der Waals surface area contributed by atoms with Crippen molar-refractivity contribution in [3.05, 3.63) is 0 Å². The molecule has 0 aromatic rings. The molecular formula is C8H19NO2. The number of aliphatic hydroxyl groups excluding tert-OH is 1. The SMILES string of the molecule is CC(C)(CCCCCO)ON. The molecule has 0 heterocycles. The first kappa shape index (κ1) is 10.9. The molecule has 0 aliphatic carbocycles. The minimum Gasteiger partial charge on any atom is -0.396 e. The molecule has 0 spiro atoms. The zero-order chi connectivity index (χ0) is 8.74. The van der Waals surface area contributed by atoms with Gasteiger partial charge in [-0.05, 0) is 26.7 Å². The predicted molar refractivity (Wildman–Crippen MR) is 44.9 cm³/mol. The van der Waals surface area contributed by atoms with E-state index in [1.807, 2.05) is 13.8 Å². The summed E-state index contributed by atoms with van der Waals surface area (Å²) in [6.45, 7) is 4.21. The maximum Gasteiger partial charge on any atom is 0.0838 e. The topological polar surface area (TPSA) is 55.5 Å². The summed E-state index contributed by atoms with van der Waals surface area (Å²) in [5.74, 6) is 5.07. The van der Waals surface area contributed by atoms with Gasteiger partial charge in [0.1, 0.15) is 0 Å². The highest BCUT2D eigenvalue weighted by Crippen LogP contribution is 2.15. The second kappa shape index (κ2) is 5.52. The predicted octanol–water partition coefficient (Wildman–Crippen LogP) is 1.21. The Bertz CT molecular complexity index is 94.1. The van der Waals surface area contributed by atoms with Gasteiger partial charge in [-0.2, -0.15) is 0 Å². The third-order valence-electron chi connectivity index (χ3n) is 1.76. The molecule has 68 valence electrons. The Morgan fingerprint density at radius 2 is 1.91 bits per heavy atom. The molecule has 3 nitrogen and oxygen atoms in total. The summed E-state index contributed by atoms with van der Waals surface area (Å²) in [6.07, 6.45) is 3.93. The highest BCUT2D eigenvalue weighted by atomic mass is 16.6. The first-order valence-corrected chi connectivity index (χ1v) is 4.11. The molecule has 0 amide bonds. The molecule has 0 rings (SSSR count). The van der Waals surface area contributed by atoms with Crippen molar-refractivity contribution >= 4 is 0 Å². The minimum absolute atomic E-state index is 0.213. The Balaban J connectivity index is 3.23. The van der Waals surface area contributed by atoms with Crippen LogP contribution in [0.2, 0.25) is 0 Å². The van der Waals surface area contributed by atoms with Gasteiger partial charge < -0.3 is 5.11 Å². The van der Waals surface area contributed by atoms with Crippen LogP contribution in [-0.2, 0) is 4.84 Å². The zero-order valence-electron chi connectivity index (χ0n) is 7.47. The van der Waals surface area contributed by atoms with Crippen LogP contribution in [0.3, 0.4) is 0 Å². The van der Waals surface area contributed by atoms with Crippen molar-refractivity contribution in [1.82, 2.24) is 0 Å². The van der Waals surface area contributed by atoms with E-state index in [1.165, 1.54) is 0 Å². The van der Waals surface area contributed by atoms with E-state index in [2.05, 4.69) is 0 Å². The third-order valence-corrected chi connectivity index (χ3v) is 1.76. The van der Waals surface area contributed by atoms with Crippen molar-refractivity contribution < 1.29 is 9.94 Å². The largest absolute Gasteiger partial charge is 0.396 e. The molecule has 0 aromatic heterocycles. The van der Waals surface area contributed by atoms with Gasteiger partial charge in [0.05, 0.1) is 5.60 Å². The van der Waals surface area contributed by atoms with Gasteiger partial charge in [0.15, 0.2) is 0 Å². The van der Waals surface area contributed by atoms with Gasteiger partial charge in [-0.25, -0.2) is 5.90 Å². The number of aliphatic hydroxyl groups is 1. The molecule has 0 aliphatic rings. The molecular weight excluding hydrogens is 142 g/mol. The Kier molecular flexibility index (Phi) is 5.46. The zero-order valence-corrected chi connectivity index (χ0v) is 7.47. The van der Waals surface area contributed by atoms with Gasteiger partial charge in [0.2, 0.25) is 0 Å². The molecule has 3 N–H and O–H groups in total. The molecule has 11 heavy (non-hydrogen) atoms. The van der Waals surface area contributed by atoms with Crippen LogP contribution in [-0.4, -0.2) is 17.3 Å². The minimum atomic E-state index is -0.213. The lowest BCUT2D eigenvalue weighted by molar-refractivity contribution is -0.0270. The molecule has 0 aliphatic heterocycles. The van der Waals surface area contributed by atoms with E-state index in [0.29, 0.717) is 0 Å². The molecule has 0 radical (unpaired) electrons.